The van der Waals surface area contributed by atoms with Crippen molar-refractivity contribution >= 4 is 21.1 Å². The van der Waals surface area contributed by atoms with Gasteiger partial charge in [0, 0.05) is 38.9 Å². The average molecular weight is 530 g/mol. The van der Waals surface area contributed by atoms with Crippen LogP contribution in [0.2, 0.25) is 0 Å². The molecular formula is C27H39N5O4S. The summed E-state index contributed by atoms with van der Waals surface area (Å²) in [5, 5.41) is 0. The molecule has 1 N–H and O–H groups in total. The van der Waals surface area contributed by atoms with Gasteiger partial charge in [-0.05, 0) is 56.5 Å². The van der Waals surface area contributed by atoms with Crippen LogP contribution in [-0.4, -0.2) is 71.5 Å². The number of aryl methyl sites for hydroxylation is 2. The molecule has 0 spiro atoms. The van der Waals surface area contributed by atoms with E-state index in [4.69, 9.17) is 9.72 Å². The zero-order valence-corrected chi connectivity index (χ0v) is 23.2. The van der Waals surface area contributed by atoms with E-state index in [2.05, 4.69) is 23.7 Å². The van der Waals surface area contributed by atoms with Gasteiger partial charge in [0.1, 0.15) is 17.1 Å². The monoisotopic (exact) mass is 529 g/mol. The number of ether oxygens (including phenoxy) is 1. The van der Waals surface area contributed by atoms with E-state index < -0.39 is 10.0 Å². The number of piperazine rings is 1. The van der Waals surface area contributed by atoms with Crippen molar-refractivity contribution in [3.63, 3.8) is 0 Å². The number of benzene rings is 1. The summed E-state index contributed by atoms with van der Waals surface area (Å²) in [5.74, 6) is 0.822. The van der Waals surface area contributed by atoms with Crippen LogP contribution in [0.5, 0.6) is 5.75 Å². The van der Waals surface area contributed by atoms with Crippen molar-refractivity contribution in [3.05, 3.63) is 40.3 Å². The number of aromatic amines is 1. The average Bonchev–Trinajstić information content (AvgIpc) is 3.26. The van der Waals surface area contributed by atoms with Gasteiger partial charge in [0.05, 0.1) is 22.6 Å². The molecule has 1 aromatic carbocycles. The molecule has 2 aromatic heterocycles. The van der Waals surface area contributed by atoms with Crippen molar-refractivity contribution in [2.75, 3.05) is 39.3 Å². The summed E-state index contributed by atoms with van der Waals surface area (Å²) in [6.07, 6.45) is 5.57. The first kappa shape index (κ1) is 27.3. The second-order valence-electron chi connectivity index (χ2n) is 9.55. The van der Waals surface area contributed by atoms with E-state index in [1.807, 2.05) is 24.6 Å². The van der Waals surface area contributed by atoms with Crippen molar-refractivity contribution < 1.29 is 13.2 Å². The molecule has 202 valence electrons. The predicted molar refractivity (Wildman–Crippen MR) is 147 cm³/mol. The number of nitrogens with zero attached hydrogens (tertiary/aromatic N) is 4. The third kappa shape index (κ3) is 5.61. The van der Waals surface area contributed by atoms with Gasteiger partial charge in [-0.15, -0.1) is 0 Å². The van der Waals surface area contributed by atoms with Gasteiger partial charge in [-0.2, -0.15) is 4.31 Å². The molecule has 1 fully saturated rings. The Morgan fingerprint density at radius 1 is 1.03 bits per heavy atom. The van der Waals surface area contributed by atoms with Crippen LogP contribution in [0.15, 0.2) is 34.1 Å². The van der Waals surface area contributed by atoms with Gasteiger partial charge in [-0.3, -0.25) is 4.79 Å². The fourth-order valence-electron chi connectivity index (χ4n) is 4.95. The first-order valence-corrected chi connectivity index (χ1v) is 14.9. The molecule has 1 aliphatic rings. The fourth-order valence-corrected chi connectivity index (χ4v) is 6.40. The Balaban J connectivity index is 1.79. The Hall–Kier alpha value is -2.69. The molecule has 0 bridgehead atoms. The lowest BCUT2D eigenvalue weighted by Gasteiger charge is -2.33. The van der Waals surface area contributed by atoms with Crippen LogP contribution in [0, 0.1) is 0 Å². The fraction of sp³-hybridized carbons (Fsp3) is 0.556. The van der Waals surface area contributed by atoms with Crippen molar-refractivity contribution in [1.82, 2.24) is 23.7 Å². The van der Waals surface area contributed by atoms with Crippen LogP contribution < -0.4 is 10.3 Å². The molecule has 0 unspecified atom stereocenters. The summed E-state index contributed by atoms with van der Waals surface area (Å²) in [6.45, 7) is 12.7. The Bertz CT molecular complexity index is 1390. The summed E-state index contributed by atoms with van der Waals surface area (Å²) in [5.41, 5.74) is 2.44. The van der Waals surface area contributed by atoms with Gasteiger partial charge in [-0.25, -0.2) is 13.4 Å². The Morgan fingerprint density at radius 2 is 1.78 bits per heavy atom. The number of hydrogen-bond acceptors (Lipinski definition) is 6. The SMILES string of the molecule is CCCOc1ccc(S(=O)(=O)N2CCN(CCC)CC2)cc1-c1nc2c(CCC)cn(CC)c2c(=O)[nH]1. The highest BCUT2D eigenvalue weighted by atomic mass is 32.2. The van der Waals surface area contributed by atoms with E-state index in [-0.39, 0.29) is 10.5 Å². The number of H-pyrrole nitrogens is 1. The summed E-state index contributed by atoms with van der Waals surface area (Å²) < 4.78 is 36.6. The molecule has 4 rings (SSSR count). The van der Waals surface area contributed by atoms with Crippen LogP contribution in [0.4, 0.5) is 0 Å². The predicted octanol–water partition coefficient (Wildman–Crippen LogP) is 3.87. The number of hydrogen-bond donors (Lipinski definition) is 1. The van der Waals surface area contributed by atoms with Gasteiger partial charge in [0.15, 0.2) is 0 Å². The molecule has 37 heavy (non-hydrogen) atoms. The Morgan fingerprint density at radius 3 is 2.43 bits per heavy atom. The van der Waals surface area contributed by atoms with Crippen LogP contribution in [-0.2, 0) is 23.0 Å². The van der Waals surface area contributed by atoms with Crippen LogP contribution in [0.3, 0.4) is 0 Å². The molecule has 0 radical (unpaired) electrons. The lowest BCUT2D eigenvalue weighted by Crippen LogP contribution is -2.48. The maximum absolute atomic E-state index is 13.6. The third-order valence-corrected chi connectivity index (χ3v) is 8.73. The quantitative estimate of drug-likeness (QED) is 0.405. The van der Waals surface area contributed by atoms with Gasteiger partial charge in [0.2, 0.25) is 10.0 Å². The first-order chi connectivity index (χ1) is 17.8. The zero-order chi connectivity index (χ0) is 26.6. The minimum atomic E-state index is -3.71. The number of nitrogens with one attached hydrogen (secondary N) is 1. The number of fused-ring (bicyclic) bond motifs is 1. The van der Waals surface area contributed by atoms with Crippen molar-refractivity contribution in [1.29, 1.82) is 0 Å². The molecule has 0 aliphatic carbocycles. The highest BCUT2D eigenvalue weighted by Gasteiger charge is 2.29. The van der Waals surface area contributed by atoms with Gasteiger partial charge in [-0.1, -0.05) is 27.2 Å². The van der Waals surface area contributed by atoms with E-state index in [0.29, 0.717) is 54.4 Å². The minimum Gasteiger partial charge on any atom is -0.493 e. The molecule has 0 atom stereocenters. The van der Waals surface area contributed by atoms with E-state index in [9.17, 15) is 13.2 Å². The smallest absolute Gasteiger partial charge is 0.275 e. The maximum atomic E-state index is 13.6. The largest absolute Gasteiger partial charge is 0.493 e. The molecule has 3 aromatic rings. The molecule has 9 nitrogen and oxygen atoms in total. The molecule has 3 heterocycles. The number of aromatic nitrogens is 3. The van der Waals surface area contributed by atoms with Gasteiger partial charge >= 0.3 is 0 Å². The van der Waals surface area contributed by atoms with Crippen molar-refractivity contribution in [3.8, 4) is 17.1 Å². The number of rotatable bonds is 11. The topological polar surface area (TPSA) is 101 Å². The zero-order valence-electron chi connectivity index (χ0n) is 22.4. The maximum Gasteiger partial charge on any atom is 0.275 e. The van der Waals surface area contributed by atoms with E-state index >= 15 is 0 Å². The van der Waals surface area contributed by atoms with Crippen molar-refractivity contribution in [2.45, 2.75) is 64.8 Å². The van der Waals surface area contributed by atoms with Gasteiger partial charge < -0.3 is 19.2 Å². The lowest BCUT2D eigenvalue weighted by atomic mass is 10.1. The third-order valence-electron chi connectivity index (χ3n) is 6.83. The van der Waals surface area contributed by atoms with E-state index in [1.165, 1.54) is 0 Å². The summed E-state index contributed by atoms with van der Waals surface area (Å²) in [7, 11) is -3.71. The highest BCUT2D eigenvalue weighted by Crippen LogP contribution is 2.33. The normalized spacial score (nSPS) is 15.5. The molecule has 0 saturated carbocycles. The second kappa shape index (κ2) is 11.8. The summed E-state index contributed by atoms with van der Waals surface area (Å²) in [6, 6.07) is 4.87. The lowest BCUT2D eigenvalue weighted by molar-refractivity contribution is 0.188. The first-order valence-electron chi connectivity index (χ1n) is 13.5. The minimum absolute atomic E-state index is 0.179. The summed E-state index contributed by atoms with van der Waals surface area (Å²) >= 11 is 0. The highest BCUT2D eigenvalue weighted by molar-refractivity contribution is 7.89. The van der Waals surface area contributed by atoms with Crippen LogP contribution in [0.1, 0.15) is 52.5 Å². The molecular weight excluding hydrogens is 490 g/mol. The molecule has 1 saturated heterocycles. The van der Waals surface area contributed by atoms with E-state index in [0.717, 1.165) is 50.9 Å². The van der Waals surface area contributed by atoms with Crippen LogP contribution in [0.25, 0.3) is 22.4 Å². The van der Waals surface area contributed by atoms with Gasteiger partial charge in [0.25, 0.3) is 5.56 Å². The standard InChI is InChI=1S/C27H39N5O4S/c1-5-9-20-19-31(8-4)25-24(20)28-26(29-27(25)33)22-18-21(10-11-23(22)36-17-7-3)37(34,35)32-15-13-30(12-6-2)14-16-32/h10-11,18-19H,5-9,12-17H2,1-4H3,(H,28,29,33). The van der Waals surface area contributed by atoms with E-state index in [1.54, 1.807) is 22.5 Å². The molecule has 0 amide bonds. The van der Waals surface area contributed by atoms with Crippen molar-refractivity contribution in [2.24, 2.45) is 0 Å². The Labute approximate surface area is 219 Å². The van der Waals surface area contributed by atoms with Crippen LogP contribution >= 0.6 is 0 Å². The summed E-state index contributed by atoms with van der Waals surface area (Å²) in [4.78, 5) is 23.5. The second-order valence-corrected chi connectivity index (χ2v) is 11.5. The molecule has 1 aliphatic heterocycles. The Kier molecular flexibility index (Phi) is 8.71. The molecule has 10 heteroatoms. The number of sulfonamides is 1.